The number of carbonyl (C=O) groups is 1. The largest absolute Gasteiger partial charge is 0.397 e. The number of rotatable bonds is 5. The molecule has 4 heteroatoms. The minimum absolute atomic E-state index is 0.0176. The van der Waals surface area contributed by atoms with Gasteiger partial charge in [0.2, 0.25) is 0 Å². The lowest BCUT2D eigenvalue weighted by Gasteiger charge is -2.19. The molecule has 0 radical (unpaired) electrons. The number of aromatic nitrogens is 1. The van der Waals surface area contributed by atoms with E-state index in [0.29, 0.717) is 17.9 Å². The Morgan fingerprint density at radius 3 is 2.69 bits per heavy atom. The number of amides is 1. The normalized spacial score (nSPS) is 10.1. The molecule has 0 aromatic carbocycles. The average Bonchev–Trinajstić information content (AvgIpc) is 2.30. The van der Waals surface area contributed by atoms with Gasteiger partial charge >= 0.3 is 0 Å². The van der Waals surface area contributed by atoms with Gasteiger partial charge in [-0.2, -0.15) is 0 Å². The Bertz CT molecular complexity index is 335. The van der Waals surface area contributed by atoms with E-state index < -0.39 is 0 Å². The standard InChI is InChI=1S/C12H19N3O/c1-3-5-8-15(4-2)12(16)11-7-6-10(13)9-14-11/h6-7,9H,3-5,8,13H2,1-2H3. The van der Waals surface area contributed by atoms with Crippen LogP contribution in [-0.4, -0.2) is 28.9 Å². The van der Waals surface area contributed by atoms with Crippen molar-refractivity contribution >= 4 is 11.6 Å². The summed E-state index contributed by atoms with van der Waals surface area (Å²) < 4.78 is 0. The lowest BCUT2D eigenvalue weighted by atomic mass is 10.2. The van der Waals surface area contributed by atoms with Gasteiger partial charge in [0.05, 0.1) is 11.9 Å². The van der Waals surface area contributed by atoms with Crippen LogP contribution in [0.25, 0.3) is 0 Å². The van der Waals surface area contributed by atoms with Gasteiger partial charge in [-0.15, -0.1) is 0 Å². The van der Waals surface area contributed by atoms with Gasteiger partial charge in [-0.05, 0) is 25.5 Å². The zero-order valence-electron chi connectivity index (χ0n) is 9.94. The van der Waals surface area contributed by atoms with Crippen LogP contribution in [0.15, 0.2) is 18.3 Å². The fourth-order valence-corrected chi connectivity index (χ4v) is 1.45. The summed E-state index contributed by atoms with van der Waals surface area (Å²) in [5.41, 5.74) is 6.57. The van der Waals surface area contributed by atoms with Crippen molar-refractivity contribution in [2.45, 2.75) is 26.7 Å². The van der Waals surface area contributed by atoms with Crippen molar-refractivity contribution in [1.82, 2.24) is 9.88 Å². The van der Waals surface area contributed by atoms with Gasteiger partial charge in [-0.25, -0.2) is 4.98 Å². The lowest BCUT2D eigenvalue weighted by molar-refractivity contribution is 0.0756. The highest BCUT2D eigenvalue weighted by atomic mass is 16.2. The van der Waals surface area contributed by atoms with E-state index in [2.05, 4.69) is 11.9 Å². The molecule has 0 atom stereocenters. The Morgan fingerprint density at radius 1 is 1.44 bits per heavy atom. The minimum atomic E-state index is -0.0176. The first-order valence-electron chi connectivity index (χ1n) is 5.69. The molecule has 0 fully saturated rings. The summed E-state index contributed by atoms with van der Waals surface area (Å²) in [5, 5.41) is 0. The highest BCUT2D eigenvalue weighted by Gasteiger charge is 2.14. The maximum atomic E-state index is 12.0. The first-order chi connectivity index (χ1) is 7.69. The number of nitrogen functional groups attached to an aromatic ring is 1. The van der Waals surface area contributed by atoms with Crippen LogP contribution in [0.1, 0.15) is 37.2 Å². The third kappa shape index (κ3) is 3.22. The zero-order valence-corrected chi connectivity index (χ0v) is 9.94. The van der Waals surface area contributed by atoms with Crippen molar-refractivity contribution in [2.75, 3.05) is 18.8 Å². The first kappa shape index (κ1) is 12.5. The number of carbonyl (C=O) groups excluding carboxylic acids is 1. The Hall–Kier alpha value is -1.58. The fraction of sp³-hybridized carbons (Fsp3) is 0.500. The zero-order chi connectivity index (χ0) is 12.0. The van der Waals surface area contributed by atoms with Gasteiger partial charge in [-0.1, -0.05) is 13.3 Å². The van der Waals surface area contributed by atoms with Crippen LogP contribution in [0.2, 0.25) is 0 Å². The highest BCUT2D eigenvalue weighted by molar-refractivity contribution is 5.92. The van der Waals surface area contributed by atoms with Gasteiger partial charge in [0, 0.05) is 13.1 Å². The van der Waals surface area contributed by atoms with Crippen molar-refractivity contribution in [3.63, 3.8) is 0 Å². The highest BCUT2D eigenvalue weighted by Crippen LogP contribution is 2.06. The quantitative estimate of drug-likeness (QED) is 0.826. The van der Waals surface area contributed by atoms with Gasteiger partial charge in [-0.3, -0.25) is 4.79 Å². The molecular weight excluding hydrogens is 202 g/mol. The van der Waals surface area contributed by atoms with Gasteiger partial charge in [0.15, 0.2) is 0 Å². The molecule has 0 spiro atoms. The predicted molar refractivity (Wildman–Crippen MR) is 65.1 cm³/mol. The van der Waals surface area contributed by atoms with Crippen molar-refractivity contribution < 1.29 is 4.79 Å². The van der Waals surface area contributed by atoms with Crippen LogP contribution in [-0.2, 0) is 0 Å². The molecule has 1 aromatic rings. The maximum absolute atomic E-state index is 12.0. The SMILES string of the molecule is CCCCN(CC)C(=O)c1ccc(N)cn1. The van der Waals surface area contributed by atoms with Gasteiger partial charge in [0.25, 0.3) is 5.91 Å². The molecule has 1 aromatic heterocycles. The third-order valence-electron chi connectivity index (χ3n) is 2.46. The van der Waals surface area contributed by atoms with Crippen molar-refractivity contribution in [3.05, 3.63) is 24.0 Å². The number of hydrogen-bond donors (Lipinski definition) is 1. The topological polar surface area (TPSA) is 59.2 Å². The fourth-order valence-electron chi connectivity index (χ4n) is 1.45. The second kappa shape index (κ2) is 6.10. The van der Waals surface area contributed by atoms with Crippen molar-refractivity contribution in [2.24, 2.45) is 0 Å². The van der Waals surface area contributed by atoms with Crippen LogP contribution in [0.5, 0.6) is 0 Å². The number of unbranched alkanes of at least 4 members (excludes halogenated alkanes) is 1. The number of pyridine rings is 1. The molecule has 4 nitrogen and oxygen atoms in total. The summed E-state index contributed by atoms with van der Waals surface area (Å²) >= 11 is 0. The number of nitrogens with zero attached hydrogens (tertiary/aromatic N) is 2. The number of hydrogen-bond acceptors (Lipinski definition) is 3. The molecule has 1 rings (SSSR count). The van der Waals surface area contributed by atoms with Crippen LogP contribution in [0.3, 0.4) is 0 Å². The van der Waals surface area contributed by atoms with Crippen molar-refractivity contribution in [3.8, 4) is 0 Å². The summed E-state index contributed by atoms with van der Waals surface area (Å²) in [6.45, 7) is 5.59. The lowest BCUT2D eigenvalue weighted by Crippen LogP contribution is -2.32. The monoisotopic (exact) mass is 221 g/mol. The molecule has 2 N–H and O–H groups in total. The summed E-state index contributed by atoms with van der Waals surface area (Å²) in [6.07, 6.45) is 3.62. The average molecular weight is 221 g/mol. The minimum Gasteiger partial charge on any atom is -0.397 e. The van der Waals surface area contributed by atoms with Crippen LogP contribution in [0, 0.1) is 0 Å². The first-order valence-corrected chi connectivity index (χ1v) is 5.69. The van der Waals surface area contributed by atoms with E-state index in [9.17, 15) is 4.79 Å². The molecule has 0 aliphatic carbocycles. The molecule has 1 heterocycles. The van der Waals surface area contributed by atoms with E-state index in [4.69, 9.17) is 5.73 Å². The molecule has 0 unspecified atom stereocenters. The second-order valence-electron chi connectivity index (χ2n) is 3.72. The van der Waals surface area contributed by atoms with E-state index in [1.165, 1.54) is 6.20 Å². The Labute approximate surface area is 96.5 Å². The van der Waals surface area contributed by atoms with Gasteiger partial charge < -0.3 is 10.6 Å². The smallest absolute Gasteiger partial charge is 0.272 e. The maximum Gasteiger partial charge on any atom is 0.272 e. The van der Waals surface area contributed by atoms with E-state index in [1.54, 1.807) is 12.1 Å². The molecule has 0 bridgehead atoms. The second-order valence-corrected chi connectivity index (χ2v) is 3.72. The summed E-state index contributed by atoms with van der Waals surface area (Å²) in [5.74, 6) is -0.0176. The Balaban J connectivity index is 2.70. The predicted octanol–water partition coefficient (Wildman–Crippen LogP) is 1.93. The molecule has 0 saturated carbocycles. The summed E-state index contributed by atoms with van der Waals surface area (Å²) in [7, 11) is 0. The molecule has 1 amide bonds. The number of nitrogens with two attached hydrogens (primary N) is 1. The molecule has 0 aliphatic rings. The van der Waals surface area contributed by atoms with Crippen molar-refractivity contribution in [1.29, 1.82) is 0 Å². The van der Waals surface area contributed by atoms with Crippen LogP contribution >= 0.6 is 0 Å². The molecular formula is C12H19N3O. The van der Waals surface area contributed by atoms with E-state index in [-0.39, 0.29) is 5.91 Å². The number of anilines is 1. The molecule has 0 saturated heterocycles. The summed E-state index contributed by atoms with van der Waals surface area (Å²) in [4.78, 5) is 17.9. The molecule has 16 heavy (non-hydrogen) atoms. The third-order valence-corrected chi connectivity index (χ3v) is 2.46. The Morgan fingerprint density at radius 2 is 2.19 bits per heavy atom. The van der Waals surface area contributed by atoms with E-state index >= 15 is 0 Å². The molecule has 88 valence electrons. The Kier molecular flexibility index (Phi) is 4.76. The van der Waals surface area contributed by atoms with Crippen LogP contribution < -0.4 is 5.73 Å². The van der Waals surface area contributed by atoms with E-state index in [0.717, 1.165) is 19.4 Å². The van der Waals surface area contributed by atoms with Crippen LogP contribution in [0.4, 0.5) is 5.69 Å². The summed E-state index contributed by atoms with van der Waals surface area (Å²) in [6, 6.07) is 3.38. The van der Waals surface area contributed by atoms with E-state index in [1.807, 2.05) is 11.8 Å². The van der Waals surface area contributed by atoms with Gasteiger partial charge in [0.1, 0.15) is 5.69 Å². The molecule has 0 aliphatic heterocycles.